The van der Waals surface area contributed by atoms with E-state index < -0.39 is 21.9 Å². The van der Waals surface area contributed by atoms with Crippen LogP contribution in [-0.2, 0) is 14.8 Å². The van der Waals surface area contributed by atoms with Gasteiger partial charge in [-0.1, -0.05) is 29.8 Å². The third-order valence-electron chi connectivity index (χ3n) is 4.69. The van der Waals surface area contributed by atoms with E-state index in [1.54, 1.807) is 60.7 Å². The molecule has 7 nitrogen and oxygen atoms in total. The molecule has 8 heteroatoms. The summed E-state index contributed by atoms with van der Waals surface area (Å²) in [6, 6.07) is 19.2. The molecule has 0 aliphatic carbocycles. The third-order valence-corrected chi connectivity index (χ3v) is 6.49. The molecule has 0 atom stereocenters. The van der Waals surface area contributed by atoms with Crippen LogP contribution in [-0.4, -0.2) is 34.5 Å². The zero-order valence-corrected chi connectivity index (χ0v) is 18.1. The van der Waals surface area contributed by atoms with Crippen LogP contribution in [0.15, 0.2) is 77.7 Å². The molecule has 0 saturated heterocycles. The van der Waals surface area contributed by atoms with Crippen LogP contribution in [0.5, 0.6) is 0 Å². The minimum absolute atomic E-state index is 0.162. The molecule has 0 unspecified atom stereocenters. The summed E-state index contributed by atoms with van der Waals surface area (Å²) >= 11 is 0. The van der Waals surface area contributed by atoms with E-state index in [9.17, 15) is 18.0 Å². The Hall–Kier alpha value is -3.65. The monoisotopic (exact) mass is 438 g/mol. The Morgan fingerprint density at radius 1 is 0.903 bits per heavy atom. The van der Waals surface area contributed by atoms with Crippen molar-refractivity contribution in [3.05, 3.63) is 89.5 Å². The van der Waals surface area contributed by atoms with Gasteiger partial charge < -0.3 is 10.1 Å². The fourth-order valence-corrected chi connectivity index (χ4v) is 4.08. The van der Waals surface area contributed by atoms with Crippen molar-refractivity contribution >= 4 is 33.3 Å². The number of nitrogens with zero attached hydrogens (tertiary/aromatic N) is 1. The highest BCUT2D eigenvalue weighted by Crippen LogP contribution is 2.24. The summed E-state index contributed by atoms with van der Waals surface area (Å²) in [5.74, 6) is -0.953. The van der Waals surface area contributed by atoms with Gasteiger partial charge in [0.25, 0.3) is 15.9 Å². The van der Waals surface area contributed by atoms with Crippen molar-refractivity contribution in [2.24, 2.45) is 0 Å². The van der Waals surface area contributed by atoms with E-state index in [-0.39, 0.29) is 10.5 Å². The van der Waals surface area contributed by atoms with Crippen molar-refractivity contribution in [2.45, 2.75) is 11.8 Å². The topological polar surface area (TPSA) is 92.8 Å². The maximum Gasteiger partial charge on any atom is 0.337 e. The van der Waals surface area contributed by atoms with Gasteiger partial charge in [-0.3, -0.25) is 9.10 Å². The van der Waals surface area contributed by atoms with Crippen LogP contribution < -0.4 is 9.62 Å². The lowest BCUT2D eigenvalue weighted by molar-refractivity contribution is 0.0600. The van der Waals surface area contributed by atoms with Crippen LogP contribution >= 0.6 is 0 Å². The molecule has 0 bridgehead atoms. The number of hydrogen-bond acceptors (Lipinski definition) is 5. The highest BCUT2D eigenvalue weighted by atomic mass is 32.2. The molecule has 3 aromatic carbocycles. The van der Waals surface area contributed by atoms with Crippen LogP contribution in [0.3, 0.4) is 0 Å². The van der Waals surface area contributed by atoms with Gasteiger partial charge in [-0.2, -0.15) is 0 Å². The van der Waals surface area contributed by atoms with Crippen molar-refractivity contribution < 1.29 is 22.7 Å². The van der Waals surface area contributed by atoms with Crippen LogP contribution in [0, 0.1) is 6.92 Å². The summed E-state index contributed by atoms with van der Waals surface area (Å²) in [5, 5.41) is 2.71. The lowest BCUT2D eigenvalue weighted by atomic mass is 10.1. The SMILES string of the molecule is COC(=O)c1cccc(NC(=O)c2cccc(N(C)S(=O)(=O)c3ccc(C)cc3)c2)c1. The summed E-state index contributed by atoms with van der Waals surface area (Å²) in [5.41, 5.74) is 2.29. The number of carbonyl (C=O) groups is 2. The molecule has 160 valence electrons. The quantitative estimate of drug-likeness (QED) is 0.590. The molecule has 3 aromatic rings. The first-order valence-electron chi connectivity index (χ1n) is 9.38. The van der Waals surface area contributed by atoms with Crippen LogP contribution in [0.2, 0.25) is 0 Å². The van der Waals surface area contributed by atoms with Crippen LogP contribution in [0.1, 0.15) is 26.3 Å². The highest BCUT2D eigenvalue weighted by molar-refractivity contribution is 7.92. The molecule has 0 aliphatic rings. The number of benzene rings is 3. The number of rotatable bonds is 6. The summed E-state index contributed by atoms with van der Waals surface area (Å²) in [7, 11) is -1.06. The Morgan fingerprint density at radius 2 is 1.55 bits per heavy atom. The predicted molar refractivity (Wildman–Crippen MR) is 119 cm³/mol. The van der Waals surface area contributed by atoms with E-state index in [0.717, 1.165) is 9.87 Å². The predicted octanol–water partition coefficient (Wildman–Crippen LogP) is 3.86. The molecular weight excluding hydrogens is 416 g/mol. The number of carbonyl (C=O) groups excluding carboxylic acids is 2. The number of amides is 1. The Kier molecular flexibility index (Phi) is 6.41. The molecule has 0 aliphatic heterocycles. The number of hydrogen-bond donors (Lipinski definition) is 1. The molecule has 31 heavy (non-hydrogen) atoms. The maximum atomic E-state index is 12.9. The number of methoxy groups -OCH3 is 1. The van der Waals surface area contributed by atoms with Gasteiger partial charge in [-0.15, -0.1) is 0 Å². The molecule has 1 amide bonds. The van der Waals surface area contributed by atoms with Crippen LogP contribution in [0.4, 0.5) is 11.4 Å². The summed E-state index contributed by atoms with van der Waals surface area (Å²) < 4.78 is 31.7. The largest absolute Gasteiger partial charge is 0.465 e. The van der Waals surface area contributed by atoms with Gasteiger partial charge in [0.15, 0.2) is 0 Å². The Bertz CT molecular complexity index is 1220. The summed E-state index contributed by atoms with van der Waals surface area (Å²) in [4.78, 5) is 24.5. The molecular formula is C23H22N2O5S. The fourth-order valence-electron chi connectivity index (χ4n) is 2.90. The zero-order chi connectivity index (χ0) is 22.6. The Morgan fingerprint density at radius 3 is 2.23 bits per heavy atom. The van der Waals surface area contributed by atoms with Crippen molar-refractivity contribution in [3.63, 3.8) is 0 Å². The van der Waals surface area contributed by atoms with E-state index in [0.29, 0.717) is 16.9 Å². The fraction of sp³-hybridized carbons (Fsp3) is 0.130. The van der Waals surface area contributed by atoms with Gasteiger partial charge in [0.05, 0.1) is 23.3 Å². The second kappa shape index (κ2) is 9.01. The van der Waals surface area contributed by atoms with Crippen molar-refractivity contribution in [1.29, 1.82) is 0 Å². The van der Waals surface area contributed by atoms with Crippen molar-refractivity contribution in [1.82, 2.24) is 0 Å². The van der Waals surface area contributed by atoms with Gasteiger partial charge in [0.1, 0.15) is 0 Å². The van der Waals surface area contributed by atoms with Crippen molar-refractivity contribution in [2.75, 3.05) is 23.8 Å². The minimum atomic E-state index is -3.78. The Labute approximate surface area is 181 Å². The molecule has 1 N–H and O–H groups in total. The van der Waals surface area contributed by atoms with Gasteiger partial charge in [0, 0.05) is 18.3 Å². The van der Waals surface area contributed by atoms with Gasteiger partial charge in [-0.05, 0) is 55.5 Å². The molecule has 0 saturated carbocycles. The van der Waals surface area contributed by atoms with Gasteiger partial charge in [-0.25, -0.2) is 13.2 Å². The van der Waals surface area contributed by atoms with Gasteiger partial charge >= 0.3 is 5.97 Å². The summed E-state index contributed by atoms with van der Waals surface area (Å²) in [6.07, 6.45) is 0. The number of ether oxygens (including phenoxy) is 1. The second-order valence-corrected chi connectivity index (χ2v) is 8.83. The van der Waals surface area contributed by atoms with Crippen molar-refractivity contribution in [3.8, 4) is 0 Å². The van der Waals surface area contributed by atoms with Crippen LogP contribution in [0.25, 0.3) is 0 Å². The van der Waals surface area contributed by atoms with E-state index in [1.165, 1.54) is 26.3 Å². The summed E-state index contributed by atoms with van der Waals surface area (Å²) in [6.45, 7) is 1.88. The molecule has 3 rings (SSSR count). The third kappa shape index (κ3) is 4.92. The highest BCUT2D eigenvalue weighted by Gasteiger charge is 2.22. The standard InChI is InChI=1S/C23H22N2O5S/c1-16-10-12-21(13-11-16)31(28,29)25(2)20-9-5-6-17(15-20)22(26)24-19-8-4-7-18(14-19)23(27)30-3/h4-15H,1-3H3,(H,24,26). The minimum Gasteiger partial charge on any atom is -0.465 e. The van der Waals surface area contributed by atoms with E-state index in [1.807, 2.05) is 6.92 Å². The first-order chi connectivity index (χ1) is 14.7. The molecule has 0 heterocycles. The lowest BCUT2D eigenvalue weighted by Gasteiger charge is -2.20. The first kappa shape index (κ1) is 22.0. The lowest BCUT2D eigenvalue weighted by Crippen LogP contribution is -2.27. The normalized spacial score (nSPS) is 10.9. The van der Waals surface area contributed by atoms with E-state index in [2.05, 4.69) is 10.1 Å². The number of anilines is 2. The maximum absolute atomic E-state index is 12.9. The number of esters is 1. The number of sulfonamides is 1. The smallest absolute Gasteiger partial charge is 0.337 e. The first-order valence-corrected chi connectivity index (χ1v) is 10.8. The number of nitrogens with one attached hydrogen (secondary N) is 1. The second-order valence-electron chi connectivity index (χ2n) is 6.86. The van der Waals surface area contributed by atoms with E-state index in [4.69, 9.17) is 0 Å². The average Bonchev–Trinajstić information content (AvgIpc) is 2.78. The van der Waals surface area contributed by atoms with Gasteiger partial charge in [0.2, 0.25) is 0 Å². The molecule has 0 spiro atoms. The van der Waals surface area contributed by atoms with E-state index >= 15 is 0 Å². The molecule has 0 aromatic heterocycles. The number of aryl methyl sites for hydroxylation is 1. The average molecular weight is 439 g/mol. The Balaban J connectivity index is 1.83. The zero-order valence-electron chi connectivity index (χ0n) is 17.3. The molecule has 0 fully saturated rings. The molecule has 0 radical (unpaired) electrons.